The van der Waals surface area contributed by atoms with E-state index in [9.17, 15) is 13.6 Å². The molecule has 0 aliphatic rings. The van der Waals surface area contributed by atoms with E-state index in [4.69, 9.17) is 11.6 Å². The number of hydrogen-bond donors (Lipinski definition) is 1. The Bertz CT molecular complexity index is 634. The Morgan fingerprint density at radius 3 is 2.95 bits per heavy atom. The number of amides is 1. The Morgan fingerprint density at radius 1 is 1.45 bits per heavy atom. The number of nitrogens with one attached hydrogen (secondary N) is 1. The van der Waals surface area contributed by atoms with Crippen LogP contribution in [0.5, 0.6) is 5.75 Å². The molecule has 0 unspecified atom stereocenters. The van der Waals surface area contributed by atoms with E-state index < -0.39 is 6.61 Å². The second-order valence-electron chi connectivity index (χ2n) is 4.44. The van der Waals surface area contributed by atoms with E-state index in [2.05, 4.69) is 15.2 Å². The number of nitrogens with zero attached hydrogens (tertiary/aromatic N) is 2. The van der Waals surface area contributed by atoms with Gasteiger partial charge in [-0.05, 0) is 24.6 Å². The van der Waals surface area contributed by atoms with Crippen LogP contribution in [0, 0.1) is 0 Å². The fourth-order valence-corrected chi connectivity index (χ4v) is 1.98. The van der Waals surface area contributed by atoms with E-state index in [1.165, 1.54) is 30.5 Å². The van der Waals surface area contributed by atoms with Crippen molar-refractivity contribution < 1.29 is 18.3 Å². The molecule has 0 bridgehead atoms. The van der Waals surface area contributed by atoms with Gasteiger partial charge in [0.2, 0.25) is 0 Å². The lowest BCUT2D eigenvalue weighted by Gasteiger charge is -2.08. The highest BCUT2D eigenvalue weighted by Crippen LogP contribution is 2.15. The molecule has 8 heteroatoms. The van der Waals surface area contributed by atoms with Crippen LogP contribution in [0.1, 0.15) is 16.8 Å². The van der Waals surface area contributed by atoms with Crippen LogP contribution in [-0.4, -0.2) is 28.8 Å². The van der Waals surface area contributed by atoms with Crippen LogP contribution in [0.3, 0.4) is 0 Å². The molecule has 1 aromatic carbocycles. The maximum atomic E-state index is 12.1. The molecule has 0 aliphatic heterocycles. The van der Waals surface area contributed by atoms with Crippen molar-refractivity contribution >= 4 is 17.5 Å². The third kappa shape index (κ3) is 5.00. The van der Waals surface area contributed by atoms with Crippen LogP contribution in [0.2, 0.25) is 5.02 Å². The molecule has 0 radical (unpaired) electrons. The molecule has 118 valence electrons. The number of ether oxygens (including phenoxy) is 1. The van der Waals surface area contributed by atoms with E-state index >= 15 is 0 Å². The van der Waals surface area contributed by atoms with Gasteiger partial charge in [0, 0.05) is 24.8 Å². The molecule has 1 amide bonds. The predicted octanol–water partition coefficient (Wildman–Crippen LogP) is 2.96. The van der Waals surface area contributed by atoms with E-state index in [0.29, 0.717) is 24.5 Å². The largest absolute Gasteiger partial charge is 0.435 e. The van der Waals surface area contributed by atoms with E-state index in [-0.39, 0.29) is 17.2 Å². The minimum Gasteiger partial charge on any atom is -0.435 e. The normalized spacial score (nSPS) is 10.7. The molecular weight excluding hydrogens is 316 g/mol. The topological polar surface area (TPSA) is 56.2 Å². The summed E-state index contributed by atoms with van der Waals surface area (Å²) in [5.74, 6) is -0.396. The fraction of sp³-hybridized carbons (Fsp3) is 0.286. The Kier molecular flexibility index (Phi) is 5.71. The van der Waals surface area contributed by atoms with Crippen LogP contribution in [-0.2, 0) is 6.54 Å². The summed E-state index contributed by atoms with van der Waals surface area (Å²) in [6.07, 6.45) is 3.89. The van der Waals surface area contributed by atoms with E-state index in [1.807, 2.05) is 0 Å². The first-order chi connectivity index (χ1) is 10.5. The molecule has 0 aliphatic carbocycles. The summed E-state index contributed by atoms with van der Waals surface area (Å²) in [6.45, 7) is -1.88. The summed E-state index contributed by atoms with van der Waals surface area (Å²) >= 11 is 5.74. The van der Waals surface area contributed by atoms with Gasteiger partial charge in [-0.25, -0.2) is 0 Å². The predicted molar refractivity (Wildman–Crippen MR) is 77.3 cm³/mol. The zero-order chi connectivity index (χ0) is 15.9. The molecule has 0 saturated heterocycles. The average molecular weight is 330 g/mol. The van der Waals surface area contributed by atoms with Gasteiger partial charge in [0.05, 0.1) is 11.2 Å². The molecule has 0 atom stereocenters. The number of alkyl halides is 2. The molecule has 22 heavy (non-hydrogen) atoms. The second kappa shape index (κ2) is 7.74. The van der Waals surface area contributed by atoms with Crippen molar-refractivity contribution in [2.24, 2.45) is 0 Å². The van der Waals surface area contributed by atoms with Crippen molar-refractivity contribution in [1.82, 2.24) is 15.1 Å². The first-order valence-corrected chi connectivity index (χ1v) is 6.93. The smallest absolute Gasteiger partial charge is 0.387 e. The summed E-state index contributed by atoms with van der Waals surface area (Å²) in [7, 11) is 0. The maximum Gasteiger partial charge on any atom is 0.387 e. The Labute approximate surface area is 130 Å². The van der Waals surface area contributed by atoms with Gasteiger partial charge in [0.1, 0.15) is 5.75 Å². The van der Waals surface area contributed by atoms with Crippen molar-refractivity contribution in [3.63, 3.8) is 0 Å². The first kappa shape index (κ1) is 16.2. The lowest BCUT2D eigenvalue weighted by molar-refractivity contribution is -0.0498. The molecule has 1 N–H and O–H groups in total. The standard InChI is InChI=1S/C14H14ClF2N3O2/c15-11-8-19-20(9-11)6-2-5-18-13(21)10-3-1-4-12(7-10)22-14(16)17/h1,3-4,7-9,14H,2,5-6H2,(H,18,21). The molecular formula is C14H14ClF2N3O2. The molecule has 1 heterocycles. The van der Waals surface area contributed by atoms with Gasteiger partial charge < -0.3 is 10.1 Å². The highest BCUT2D eigenvalue weighted by atomic mass is 35.5. The molecule has 2 aromatic rings. The molecule has 0 saturated carbocycles. The summed E-state index contributed by atoms with van der Waals surface area (Å²) < 4.78 is 30.2. The Morgan fingerprint density at radius 2 is 2.27 bits per heavy atom. The fourth-order valence-electron chi connectivity index (χ4n) is 1.82. The zero-order valence-electron chi connectivity index (χ0n) is 11.5. The van der Waals surface area contributed by atoms with Crippen molar-refractivity contribution in [2.45, 2.75) is 19.6 Å². The van der Waals surface area contributed by atoms with Crippen LogP contribution >= 0.6 is 11.6 Å². The second-order valence-corrected chi connectivity index (χ2v) is 4.87. The van der Waals surface area contributed by atoms with Crippen LogP contribution in [0.25, 0.3) is 0 Å². The van der Waals surface area contributed by atoms with E-state index in [1.54, 1.807) is 10.9 Å². The lowest BCUT2D eigenvalue weighted by Crippen LogP contribution is -2.25. The number of aryl methyl sites for hydroxylation is 1. The first-order valence-electron chi connectivity index (χ1n) is 6.55. The van der Waals surface area contributed by atoms with Gasteiger partial charge in [0.25, 0.3) is 5.91 Å². The van der Waals surface area contributed by atoms with Crippen molar-refractivity contribution in [2.75, 3.05) is 6.54 Å². The number of carbonyl (C=O) groups is 1. The van der Waals surface area contributed by atoms with E-state index in [0.717, 1.165) is 0 Å². The molecule has 1 aromatic heterocycles. The molecule has 5 nitrogen and oxygen atoms in total. The quantitative estimate of drug-likeness (QED) is 0.795. The number of benzene rings is 1. The third-order valence-corrected chi connectivity index (χ3v) is 2.97. The van der Waals surface area contributed by atoms with Gasteiger partial charge in [-0.2, -0.15) is 13.9 Å². The zero-order valence-corrected chi connectivity index (χ0v) is 12.3. The van der Waals surface area contributed by atoms with Crippen LogP contribution in [0.4, 0.5) is 8.78 Å². The van der Waals surface area contributed by atoms with Crippen molar-refractivity contribution in [3.8, 4) is 5.75 Å². The Hall–Kier alpha value is -2.15. The summed E-state index contributed by atoms with van der Waals surface area (Å²) in [5, 5.41) is 7.27. The minimum atomic E-state index is -2.92. The summed E-state index contributed by atoms with van der Waals surface area (Å²) in [5.41, 5.74) is 0.264. The SMILES string of the molecule is O=C(NCCCn1cc(Cl)cn1)c1cccc(OC(F)F)c1. The number of rotatable bonds is 7. The average Bonchev–Trinajstić information content (AvgIpc) is 2.88. The monoisotopic (exact) mass is 329 g/mol. The van der Waals surface area contributed by atoms with Gasteiger partial charge in [-0.1, -0.05) is 17.7 Å². The number of hydrogen-bond acceptors (Lipinski definition) is 3. The number of aromatic nitrogens is 2. The van der Waals surface area contributed by atoms with Crippen LogP contribution < -0.4 is 10.1 Å². The lowest BCUT2D eigenvalue weighted by atomic mass is 10.2. The van der Waals surface area contributed by atoms with Gasteiger partial charge in [0.15, 0.2) is 0 Å². The maximum absolute atomic E-state index is 12.1. The molecule has 0 spiro atoms. The highest BCUT2D eigenvalue weighted by molar-refractivity contribution is 6.30. The number of carbonyl (C=O) groups excluding carboxylic acids is 1. The Balaban J connectivity index is 1.79. The van der Waals surface area contributed by atoms with Gasteiger partial charge in [-0.15, -0.1) is 0 Å². The van der Waals surface area contributed by atoms with Gasteiger partial charge in [-0.3, -0.25) is 9.48 Å². The minimum absolute atomic E-state index is 0.0474. The third-order valence-electron chi connectivity index (χ3n) is 2.77. The van der Waals surface area contributed by atoms with Gasteiger partial charge >= 0.3 is 6.61 Å². The van der Waals surface area contributed by atoms with Crippen LogP contribution in [0.15, 0.2) is 36.7 Å². The summed E-state index contributed by atoms with van der Waals surface area (Å²) in [6, 6.07) is 5.65. The highest BCUT2D eigenvalue weighted by Gasteiger charge is 2.09. The summed E-state index contributed by atoms with van der Waals surface area (Å²) in [4.78, 5) is 11.9. The molecule has 2 rings (SSSR count). The number of halogens is 3. The van der Waals surface area contributed by atoms with Crippen molar-refractivity contribution in [1.29, 1.82) is 0 Å². The van der Waals surface area contributed by atoms with Crippen molar-refractivity contribution in [3.05, 3.63) is 47.2 Å². The molecule has 0 fully saturated rings.